The van der Waals surface area contributed by atoms with E-state index in [1.165, 1.54) is 5.56 Å². The van der Waals surface area contributed by atoms with E-state index in [0.717, 1.165) is 18.4 Å². The molecule has 1 atom stereocenters. The molecule has 2 nitrogen and oxygen atoms in total. The summed E-state index contributed by atoms with van der Waals surface area (Å²) >= 11 is 0. The van der Waals surface area contributed by atoms with E-state index in [2.05, 4.69) is 32.2 Å². The van der Waals surface area contributed by atoms with Crippen LogP contribution in [-0.4, -0.2) is 11.1 Å². The average molecular weight is 221 g/mol. The molecule has 0 aliphatic heterocycles. The highest BCUT2D eigenvalue weighted by atomic mass is 16.3. The van der Waals surface area contributed by atoms with E-state index >= 15 is 0 Å². The molecule has 90 valence electrons. The number of phenols is 1. The van der Waals surface area contributed by atoms with E-state index in [4.69, 9.17) is 0 Å². The van der Waals surface area contributed by atoms with Gasteiger partial charge in [-0.15, -0.1) is 0 Å². The molecule has 0 heterocycles. The summed E-state index contributed by atoms with van der Waals surface area (Å²) in [5, 5.41) is 13.4. The van der Waals surface area contributed by atoms with Crippen LogP contribution in [0, 0.1) is 6.92 Å². The number of nitrogens with one attached hydrogen (secondary N) is 1. The van der Waals surface area contributed by atoms with Crippen molar-refractivity contribution in [1.29, 1.82) is 0 Å². The van der Waals surface area contributed by atoms with Crippen LogP contribution >= 0.6 is 0 Å². The van der Waals surface area contributed by atoms with E-state index in [-0.39, 0.29) is 6.04 Å². The van der Waals surface area contributed by atoms with Gasteiger partial charge in [-0.3, -0.25) is 0 Å². The molecular formula is C14H23NO. The lowest BCUT2D eigenvalue weighted by Crippen LogP contribution is -2.30. The number of hydrogen-bond acceptors (Lipinski definition) is 2. The van der Waals surface area contributed by atoms with Crippen LogP contribution in [-0.2, 0) is 0 Å². The monoisotopic (exact) mass is 221 g/mol. The first-order valence-electron chi connectivity index (χ1n) is 6.14. The summed E-state index contributed by atoms with van der Waals surface area (Å²) in [6, 6.07) is 6.48. The molecule has 1 aromatic rings. The van der Waals surface area contributed by atoms with Crippen molar-refractivity contribution in [3.63, 3.8) is 0 Å². The minimum Gasteiger partial charge on any atom is -0.508 e. The minimum absolute atomic E-state index is 0.199. The van der Waals surface area contributed by atoms with Crippen molar-refractivity contribution in [2.75, 3.05) is 0 Å². The van der Waals surface area contributed by atoms with Crippen molar-refractivity contribution >= 4 is 0 Å². The zero-order valence-electron chi connectivity index (χ0n) is 10.7. The van der Waals surface area contributed by atoms with E-state index in [9.17, 15) is 5.11 Å². The highest BCUT2D eigenvalue weighted by Crippen LogP contribution is 2.25. The third-order valence-electron chi connectivity index (χ3n) is 3.12. The number of phenolic OH excluding ortho intramolecular Hbond substituents is 1. The molecule has 0 fully saturated rings. The molecule has 2 N–H and O–H groups in total. The third kappa shape index (κ3) is 3.24. The highest BCUT2D eigenvalue weighted by molar-refractivity contribution is 5.37. The van der Waals surface area contributed by atoms with Crippen LogP contribution in [0.1, 0.15) is 50.8 Å². The smallest absolute Gasteiger partial charge is 0.120 e. The topological polar surface area (TPSA) is 32.3 Å². The minimum atomic E-state index is 0.199. The summed E-state index contributed by atoms with van der Waals surface area (Å²) in [6.45, 7) is 8.52. The Morgan fingerprint density at radius 3 is 2.44 bits per heavy atom. The molecule has 0 aromatic heterocycles. The molecule has 0 saturated carbocycles. The van der Waals surface area contributed by atoms with Crippen LogP contribution in [0.15, 0.2) is 18.2 Å². The molecule has 0 radical (unpaired) electrons. The Bertz CT molecular complexity index is 332. The largest absolute Gasteiger partial charge is 0.508 e. The summed E-state index contributed by atoms with van der Waals surface area (Å²) in [5.41, 5.74) is 2.18. The van der Waals surface area contributed by atoms with Gasteiger partial charge in [-0.25, -0.2) is 0 Å². The maximum atomic E-state index is 9.82. The molecule has 1 aromatic carbocycles. The van der Waals surface area contributed by atoms with E-state index < -0.39 is 0 Å². The molecule has 0 aliphatic rings. The van der Waals surface area contributed by atoms with E-state index in [1.54, 1.807) is 6.07 Å². The molecule has 1 unspecified atom stereocenters. The first kappa shape index (κ1) is 13.0. The summed E-state index contributed by atoms with van der Waals surface area (Å²) in [6.07, 6.45) is 2.24. The second-order valence-corrected chi connectivity index (χ2v) is 4.46. The predicted molar refractivity (Wildman–Crippen MR) is 68.8 cm³/mol. The summed E-state index contributed by atoms with van der Waals surface area (Å²) in [4.78, 5) is 0. The Labute approximate surface area is 98.7 Å². The molecule has 1 rings (SSSR count). The average Bonchev–Trinajstić information content (AvgIpc) is 2.28. The number of aromatic hydroxyl groups is 1. The Hall–Kier alpha value is -1.02. The maximum Gasteiger partial charge on any atom is 0.120 e. The molecule has 0 spiro atoms. The molecule has 0 bridgehead atoms. The van der Waals surface area contributed by atoms with Gasteiger partial charge in [-0.05, 0) is 32.8 Å². The fourth-order valence-corrected chi connectivity index (χ4v) is 1.99. The van der Waals surface area contributed by atoms with Crippen molar-refractivity contribution in [3.05, 3.63) is 29.3 Å². The van der Waals surface area contributed by atoms with Crippen LogP contribution in [0.25, 0.3) is 0 Å². The van der Waals surface area contributed by atoms with Crippen molar-refractivity contribution < 1.29 is 5.11 Å². The van der Waals surface area contributed by atoms with Crippen molar-refractivity contribution in [3.8, 4) is 5.75 Å². The van der Waals surface area contributed by atoms with Crippen LogP contribution in [0.3, 0.4) is 0 Å². The molecule has 16 heavy (non-hydrogen) atoms. The first-order valence-corrected chi connectivity index (χ1v) is 6.14. The van der Waals surface area contributed by atoms with Crippen molar-refractivity contribution in [2.45, 2.75) is 52.6 Å². The van der Waals surface area contributed by atoms with Gasteiger partial charge in [0.1, 0.15) is 5.75 Å². The number of hydrogen-bond donors (Lipinski definition) is 2. The SMILES string of the molecule is CCC(CC)NC(C)c1cc(C)ccc1O. The summed E-state index contributed by atoms with van der Waals surface area (Å²) < 4.78 is 0. The second-order valence-electron chi connectivity index (χ2n) is 4.46. The van der Waals surface area contributed by atoms with Crippen LogP contribution in [0.2, 0.25) is 0 Å². The summed E-state index contributed by atoms with van der Waals surface area (Å²) in [5.74, 6) is 0.386. The Morgan fingerprint density at radius 2 is 1.88 bits per heavy atom. The summed E-state index contributed by atoms with van der Waals surface area (Å²) in [7, 11) is 0. The van der Waals surface area contributed by atoms with Crippen molar-refractivity contribution in [1.82, 2.24) is 5.32 Å². The quantitative estimate of drug-likeness (QED) is 0.797. The lowest BCUT2D eigenvalue weighted by molar-refractivity contribution is 0.411. The van der Waals surface area contributed by atoms with Gasteiger partial charge in [0.2, 0.25) is 0 Å². The number of aryl methyl sites for hydroxylation is 1. The van der Waals surface area contributed by atoms with E-state index in [0.29, 0.717) is 11.8 Å². The molecule has 0 saturated heterocycles. The second kappa shape index (κ2) is 5.90. The number of rotatable bonds is 5. The predicted octanol–water partition coefficient (Wildman–Crippen LogP) is 3.54. The van der Waals surface area contributed by atoms with Gasteiger partial charge in [0, 0.05) is 17.6 Å². The van der Waals surface area contributed by atoms with Crippen molar-refractivity contribution in [2.24, 2.45) is 0 Å². The van der Waals surface area contributed by atoms with Gasteiger partial charge < -0.3 is 10.4 Å². The Balaban J connectivity index is 2.79. The van der Waals surface area contributed by atoms with Gasteiger partial charge in [0.25, 0.3) is 0 Å². The highest BCUT2D eigenvalue weighted by Gasteiger charge is 2.13. The fourth-order valence-electron chi connectivity index (χ4n) is 1.99. The molecule has 2 heteroatoms. The number of benzene rings is 1. The van der Waals surface area contributed by atoms with Crippen LogP contribution in [0.4, 0.5) is 0 Å². The molecule has 0 aliphatic carbocycles. The lowest BCUT2D eigenvalue weighted by atomic mass is 10.0. The first-order chi connectivity index (χ1) is 7.58. The zero-order valence-corrected chi connectivity index (χ0v) is 10.7. The third-order valence-corrected chi connectivity index (χ3v) is 3.12. The standard InChI is InChI=1S/C14H23NO/c1-5-12(6-2)15-11(4)13-9-10(3)7-8-14(13)16/h7-9,11-12,15-16H,5-6H2,1-4H3. The van der Waals surface area contributed by atoms with Crippen LogP contribution < -0.4 is 5.32 Å². The van der Waals surface area contributed by atoms with Gasteiger partial charge in [-0.2, -0.15) is 0 Å². The Morgan fingerprint density at radius 1 is 1.25 bits per heavy atom. The fraction of sp³-hybridized carbons (Fsp3) is 0.571. The van der Waals surface area contributed by atoms with Crippen LogP contribution in [0.5, 0.6) is 5.75 Å². The Kier molecular flexibility index (Phi) is 4.81. The maximum absolute atomic E-state index is 9.82. The van der Waals surface area contributed by atoms with Gasteiger partial charge in [-0.1, -0.05) is 31.5 Å². The lowest BCUT2D eigenvalue weighted by Gasteiger charge is -2.22. The molecular weight excluding hydrogens is 198 g/mol. The van der Waals surface area contributed by atoms with Gasteiger partial charge >= 0.3 is 0 Å². The van der Waals surface area contributed by atoms with Gasteiger partial charge in [0.05, 0.1) is 0 Å². The van der Waals surface area contributed by atoms with Gasteiger partial charge in [0.15, 0.2) is 0 Å². The zero-order chi connectivity index (χ0) is 12.1. The van der Waals surface area contributed by atoms with E-state index in [1.807, 2.05) is 13.0 Å². The normalized spacial score (nSPS) is 13.1. The molecule has 0 amide bonds.